The molecule has 2 N–H and O–H groups in total. The fourth-order valence-electron chi connectivity index (χ4n) is 4.53. The van der Waals surface area contributed by atoms with Gasteiger partial charge in [0.1, 0.15) is 23.6 Å². The Bertz CT molecular complexity index is 1490. The highest BCUT2D eigenvalue weighted by molar-refractivity contribution is 7.92. The number of aromatic nitrogens is 2. The minimum atomic E-state index is -3.72. The van der Waals surface area contributed by atoms with Gasteiger partial charge in [0.05, 0.1) is 24.3 Å². The van der Waals surface area contributed by atoms with E-state index in [0.29, 0.717) is 23.9 Å². The van der Waals surface area contributed by atoms with Gasteiger partial charge in [-0.3, -0.25) is 4.72 Å². The molecule has 0 unspecified atom stereocenters. The molecule has 5 rings (SSSR count). The standard InChI is InChI=1S/C30H33N5O4S/c1-38-26-13-15-28(16-14-26)40(36,37)34-25-9-7-24(8-10-25)33-30-21-29(31-22-32-30)23-5-11-27(12-6-23)39-20-4-19-35-17-2-3-18-35/h5-16,21-22,34H,2-4,17-20H2,1H3,(H,31,32,33). The van der Waals surface area contributed by atoms with Crippen LogP contribution < -0.4 is 19.5 Å². The number of ether oxygens (including phenoxy) is 2. The van der Waals surface area contributed by atoms with Crippen LogP contribution in [0.15, 0.2) is 90.1 Å². The molecule has 0 aliphatic carbocycles. The van der Waals surface area contributed by atoms with Gasteiger partial charge in [-0.15, -0.1) is 0 Å². The van der Waals surface area contributed by atoms with E-state index in [-0.39, 0.29) is 4.90 Å². The lowest BCUT2D eigenvalue weighted by Gasteiger charge is -2.14. The number of methoxy groups -OCH3 is 1. The molecule has 40 heavy (non-hydrogen) atoms. The van der Waals surface area contributed by atoms with Gasteiger partial charge in [-0.25, -0.2) is 18.4 Å². The van der Waals surface area contributed by atoms with Crippen molar-refractivity contribution in [2.45, 2.75) is 24.2 Å². The molecule has 1 aromatic heterocycles. The zero-order valence-electron chi connectivity index (χ0n) is 22.4. The first-order chi connectivity index (χ1) is 19.5. The molecular formula is C30H33N5O4S. The van der Waals surface area contributed by atoms with Crippen molar-refractivity contribution in [1.29, 1.82) is 0 Å². The van der Waals surface area contributed by atoms with Crippen molar-refractivity contribution >= 4 is 27.2 Å². The normalized spacial score (nSPS) is 13.6. The van der Waals surface area contributed by atoms with Crippen LogP contribution in [0.4, 0.5) is 17.2 Å². The van der Waals surface area contributed by atoms with E-state index < -0.39 is 10.0 Å². The summed E-state index contributed by atoms with van der Waals surface area (Å²) < 4.78 is 39.0. The average molecular weight is 560 g/mol. The van der Waals surface area contributed by atoms with Crippen molar-refractivity contribution in [3.63, 3.8) is 0 Å². The van der Waals surface area contributed by atoms with Crippen LogP contribution in [0.5, 0.6) is 11.5 Å². The molecule has 10 heteroatoms. The van der Waals surface area contributed by atoms with Crippen LogP contribution in [-0.4, -0.2) is 56.6 Å². The zero-order valence-corrected chi connectivity index (χ0v) is 23.2. The van der Waals surface area contributed by atoms with E-state index in [1.54, 1.807) is 36.4 Å². The molecule has 1 aliphatic rings. The first kappa shape index (κ1) is 27.4. The van der Waals surface area contributed by atoms with E-state index in [1.807, 2.05) is 30.3 Å². The monoisotopic (exact) mass is 559 g/mol. The highest BCUT2D eigenvalue weighted by atomic mass is 32.2. The Balaban J connectivity index is 1.15. The Labute approximate surface area is 235 Å². The van der Waals surface area contributed by atoms with Gasteiger partial charge in [0.2, 0.25) is 0 Å². The van der Waals surface area contributed by atoms with Gasteiger partial charge in [0, 0.05) is 29.5 Å². The molecule has 4 aromatic rings. The summed E-state index contributed by atoms with van der Waals surface area (Å²) in [6.45, 7) is 4.22. The van der Waals surface area contributed by atoms with Crippen molar-refractivity contribution in [1.82, 2.24) is 14.9 Å². The van der Waals surface area contributed by atoms with Crippen molar-refractivity contribution in [3.8, 4) is 22.8 Å². The van der Waals surface area contributed by atoms with Crippen LogP contribution in [0.2, 0.25) is 0 Å². The highest BCUT2D eigenvalue weighted by Gasteiger charge is 2.14. The van der Waals surface area contributed by atoms with E-state index in [4.69, 9.17) is 9.47 Å². The summed E-state index contributed by atoms with van der Waals surface area (Å²) >= 11 is 0. The van der Waals surface area contributed by atoms with Crippen molar-refractivity contribution < 1.29 is 17.9 Å². The zero-order chi connectivity index (χ0) is 27.8. The summed E-state index contributed by atoms with van der Waals surface area (Å²) in [7, 11) is -2.19. The van der Waals surface area contributed by atoms with E-state index >= 15 is 0 Å². The van der Waals surface area contributed by atoms with Gasteiger partial charge in [-0.05, 0) is 105 Å². The molecule has 0 atom stereocenters. The van der Waals surface area contributed by atoms with Crippen LogP contribution in [0.25, 0.3) is 11.3 Å². The second kappa shape index (κ2) is 12.8. The summed E-state index contributed by atoms with van der Waals surface area (Å²) in [5, 5.41) is 3.25. The number of anilines is 3. The van der Waals surface area contributed by atoms with Crippen molar-refractivity contribution in [2.24, 2.45) is 0 Å². The molecule has 1 aliphatic heterocycles. The van der Waals surface area contributed by atoms with Gasteiger partial charge >= 0.3 is 0 Å². The van der Waals surface area contributed by atoms with Crippen LogP contribution >= 0.6 is 0 Å². The smallest absolute Gasteiger partial charge is 0.261 e. The summed E-state index contributed by atoms with van der Waals surface area (Å²) in [5.74, 6) is 2.06. The lowest BCUT2D eigenvalue weighted by atomic mass is 10.1. The second-order valence-electron chi connectivity index (χ2n) is 9.55. The predicted molar refractivity (Wildman–Crippen MR) is 157 cm³/mol. The number of hydrogen-bond donors (Lipinski definition) is 2. The molecule has 0 saturated carbocycles. The van der Waals surface area contributed by atoms with Gasteiger partial charge < -0.3 is 19.7 Å². The molecule has 3 aromatic carbocycles. The minimum absolute atomic E-state index is 0.154. The number of hydrogen-bond acceptors (Lipinski definition) is 8. The van der Waals surface area contributed by atoms with E-state index in [2.05, 4.69) is 24.9 Å². The van der Waals surface area contributed by atoms with Gasteiger partial charge in [0.15, 0.2) is 0 Å². The molecule has 1 saturated heterocycles. The summed E-state index contributed by atoms with van der Waals surface area (Å²) in [5.41, 5.74) is 2.94. The van der Waals surface area contributed by atoms with Crippen molar-refractivity contribution in [2.75, 3.05) is 43.4 Å². The van der Waals surface area contributed by atoms with Crippen molar-refractivity contribution in [3.05, 3.63) is 85.2 Å². The molecule has 208 valence electrons. The van der Waals surface area contributed by atoms with Crippen LogP contribution in [0.3, 0.4) is 0 Å². The first-order valence-electron chi connectivity index (χ1n) is 13.3. The van der Waals surface area contributed by atoms with E-state index in [1.165, 1.54) is 51.5 Å². The summed E-state index contributed by atoms with van der Waals surface area (Å²) in [6, 6.07) is 22.9. The lowest BCUT2D eigenvalue weighted by Crippen LogP contribution is -2.21. The molecule has 0 bridgehead atoms. The second-order valence-corrected chi connectivity index (χ2v) is 11.2. The number of nitrogens with one attached hydrogen (secondary N) is 2. The quantitative estimate of drug-likeness (QED) is 0.217. The molecular weight excluding hydrogens is 526 g/mol. The fourth-order valence-corrected chi connectivity index (χ4v) is 5.59. The molecule has 0 radical (unpaired) electrons. The highest BCUT2D eigenvalue weighted by Crippen LogP contribution is 2.25. The SMILES string of the molecule is COc1ccc(S(=O)(=O)Nc2ccc(Nc3cc(-c4ccc(OCCCN5CCCC5)cc4)ncn3)cc2)cc1. The predicted octanol–water partition coefficient (Wildman–Crippen LogP) is 5.56. The maximum absolute atomic E-state index is 12.7. The van der Waals surface area contributed by atoms with Gasteiger partial charge in [0.25, 0.3) is 10.0 Å². The lowest BCUT2D eigenvalue weighted by molar-refractivity contribution is 0.263. The molecule has 0 amide bonds. The maximum Gasteiger partial charge on any atom is 0.261 e. The van der Waals surface area contributed by atoms with Gasteiger partial charge in [-0.2, -0.15) is 0 Å². The largest absolute Gasteiger partial charge is 0.497 e. The topological polar surface area (TPSA) is 106 Å². The van der Waals surface area contributed by atoms with Crippen LogP contribution in [0.1, 0.15) is 19.3 Å². The van der Waals surface area contributed by atoms with E-state index in [0.717, 1.165) is 35.7 Å². The Morgan fingerprint density at radius 2 is 1.52 bits per heavy atom. The Morgan fingerprint density at radius 1 is 0.850 bits per heavy atom. The number of likely N-dealkylation sites (tertiary alicyclic amines) is 1. The summed E-state index contributed by atoms with van der Waals surface area (Å²) in [6.07, 6.45) is 5.16. The first-order valence-corrected chi connectivity index (χ1v) is 14.8. The Hall–Kier alpha value is -4.15. The van der Waals surface area contributed by atoms with Gasteiger partial charge in [-0.1, -0.05) is 0 Å². The third-order valence-corrected chi connectivity index (χ3v) is 8.08. The number of benzene rings is 3. The average Bonchev–Trinajstić information content (AvgIpc) is 3.50. The molecule has 0 spiro atoms. The van der Waals surface area contributed by atoms with Crippen LogP contribution in [-0.2, 0) is 10.0 Å². The van der Waals surface area contributed by atoms with E-state index in [9.17, 15) is 8.42 Å². The Morgan fingerprint density at radius 3 is 2.23 bits per heavy atom. The number of rotatable bonds is 12. The van der Waals surface area contributed by atoms with Crippen LogP contribution in [0, 0.1) is 0 Å². The molecule has 2 heterocycles. The summed E-state index contributed by atoms with van der Waals surface area (Å²) in [4.78, 5) is 11.4. The number of sulfonamides is 1. The minimum Gasteiger partial charge on any atom is -0.497 e. The molecule has 9 nitrogen and oxygen atoms in total. The Kier molecular flexibility index (Phi) is 8.78. The molecule has 1 fully saturated rings. The third kappa shape index (κ3) is 7.28. The number of nitrogens with zero attached hydrogens (tertiary/aromatic N) is 3. The fraction of sp³-hybridized carbons (Fsp3) is 0.267. The third-order valence-electron chi connectivity index (χ3n) is 6.68. The maximum atomic E-state index is 12.7.